The maximum absolute atomic E-state index is 14.4. The first-order chi connectivity index (χ1) is 17.0. The second kappa shape index (κ2) is 9.58. The monoisotopic (exact) mass is 510 g/mol. The molecule has 6 nitrogen and oxygen atoms in total. The largest absolute Gasteiger partial charge is 0.454 e. The molecule has 0 amide bonds. The van der Waals surface area contributed by atoms with E-state index in [1.807, 2.05) is 0 Å². The molecule has 0 bridgehead atoms. The van der Waals surface area contributed by atoms with Gasteiger partial charge < -0.3 is 9.30 Å². The van der Waals surface area contributed by atoms with Crippen molar-refractivity contribution in [1.82, 2.24) is 4.57 Å². The highest BCUT2D eigenvalue weighted by Crippen LogP contribution is 2.40. The lowest BCUT2D eigenvalue weighted by atomic mass is 9.99. The van der Waals surface area contributed by atoms with E-state index < -0.39 is 27.7 Å². The Morgan fingerprint density at radius 1 is 0.972 bits per heavy atom. The van der Waals surface area contributed by atoms with E-state index in [4.69, 9.17) is 4.74 Å². The molecule has 1 aromatic heterocycles. The number of hydrogen-bond donors (Lipinski definition) is 0. The van der Waals surface area contributed by atoms with Gasteiger partial charge in [0.15, 0.2) is 11.6 Å². The highest BCUT2D eigenvalue weighted by molar-refractivity contribution is 7.95. The predicted octanol–water partition coefficient (Wildman–Crippen LogP) is 5.96. The van der Waals surface area contributed by atoms with Gasteiger partial charge in [-0.05, 0) is 55.6 Å². The molecule has 4 aromatic rings. The van der Waals surface area contributed by atoms with Gasteiger partial charge in [0.25, 0.3) is 15.6 Å². The summed E-state index contributed by atoms with van der Waals surface area (Å²) >= 11 is 0. The van der Waals surface area contributed by atoms with Gasteiger partial charge in [-0.2, -0.15) is 0 Å². The van der Waals surface area contributed by atoms with Crippen molar-refractivity contribution in [3.63, 3.8) is 0 Å². The third-order valence-corrected chi connectivity index (χ3v) is 7.27. The fourth-order valence-corrected chi connectivity index (χ4v) is 5.24. The number of benzene rings is 3. The fourth-order valence-electron chi connectivity index (χ4n) is 4.08. The van der Waals surface area contributed by atoms with Crippen LogP contribution in [0.4, 0.5) is 14.5 Å². The summed E-state index contributed by atoms with van der Waals surface area (Å²) in [5.41, 5.74) is 1.08. The summed E-state index contributed by atoms with van der Waals surface area (Å²) < 4.78 is 62.0. The number of ether oxygens (including phenoxy) is 1. The van der Waals surface area contributed by atoms with E-state index in [9.17, 15) is 22.0 Å². The van der Waals surface area contributed by atoms with E-state index in [0.29, 0.717) is 33.7 Å². The summed E-state index contributed by atoms with van der Waals surface area (Å²) in [6.45, 7) is 6.88. The van der Waals surface area contributed by atoms with Crippen molar-refractivity contribution in [2.45, 2.75) is 19.9 Å². The lowest BCUT2D eigenvalue weighted by Gasteiger charge is -2.27. The van der Waals surface area contributed by atoms with Crippen LogP contribution in [-0.2, 0) is 17.1 Å². The summed E-state index contributed by atoms with van der Waals surface area (Å²) in [5, 5.41) is 1.91. The highest BCUT2D eigenvalue weighted by atomic mass is 32.2. The summed E-state index contributed by atoms with van der Waals surface area (Å²) in [6.07, 6.45) is 1.61. The molecule has 0 saturated heterocycles. The maximum Gasteiger partial charge on any atom is 0.258 e. The number of rotatable bonds is 7. The van der Waals surface area contributed by atoms with Crippen molar-refractivity contribution < 1.29 is 21.9 Å². The molecule has 0 aliphatic carbocycles. The Kier molecular flexibility index (Phi) is 6.69. The Balaban J connectivity index is 2.03. The maximum atomic E-state index is 14.4. The summed E-state index contributed by atoms with van der Waals surface area (Å²) in [5.74, 6) is -1.67. The van der Waals surface area contributed by atoms with Crippen LogP contribution in [0.25, 0.3) is 21.9 Å². The molecule has 36 heavy (non-hydrogen) atoms. The fraction of sp³-hybridized carbons (Fsp3) is 0.148. The minimum atomic E-state index is -3.85. The summed E-state index contributed by atoms with van der Waals surface area (Å²) in [7, 11) is -2.25. The van der Waals surface area contributed by atoms with Crippen LogP contribution in [-0.4, -0.2) is 19.0 Å². The van der Waals surface area contributed by atoms with Crippen LogP contribution in [0.15, 0.2) is 83.6 Å². The Morgan fingerprint density at radius 3 is 2.28 bits per heavy atom. The van der Waals surface area contributed by atoms with E-state index in [1.165, 1.54) is 27.1 Å². The number of aryl methyl sites for hydroxylation is 1. The van der Waals surface area contributed by atoms with Crippen LogP contribution < -0.4 is 14.6 Å². The molecule has 0 N–H and O–H groups in total. The lowest BCUT2D eigenvalue weighted by Crippen LogP contribution is -2.35. The molecule has 9 heteroatoms. The van der Waals surface area contributed by atoms with E-state index in [2.05, 4.69) is 6.58 Å². The van der Waals surface area contributed by atoms with Crippen LogP contribution in [0, 0.1) is 11.6 Å². The highest BCUT2D eigenvalue weighted by Gasteiger charge is 2.25. The van der Waals surface area contributed by atoms with Gasteiger partial charge in [-0.1, -0.05) is 24.8 Å². The van der Waals surface area contributed by atoms with Crippen molar-refractivity contribution in [3.05, 3.63) is 101 Å². The number of sulfonamides is 1. The zero-order chi connectivity index (χ0) is 26.2. The molecule has 0 fully saturated rings. The Bertz CT molecular complexity index is 1650. The van der Waals surface area contributed by atoms with Crippen LogP contribution >= 0.6 is 0 Å². The number of aromatic nitrogens is 1. The van der Waals surface area contributed by atoms with Crippen LogP contribution in [0.5, 0.6) is 11.5 Å². The van der Waals surface area contributed by atoms with E-state index >= 15 is 0 Å². The van der Waals surface area contributed by atoms with Gasteiger partial charge in [0.2, 0.25) is 0 Å². The van der Waals surface area contributed by atoms with Gasteiger partial charge >= 0.3 is 0 Å². The summed E-state index contributed by atoms with van der Waals surface area (Å²) in [6, 6.07) is 14.1. The topological polar surface area (TPSA) is 68.6 Å². The minimum Gasteiger partial charge on any atom is -0.454 e. The molecule has 0 radical (unpaired) electrons. The quantitative estimate of drug-likeness (QED) is 0.308. The number of hydrogen-bond acceptors (Lipinski definition) is 4. The number of fused-ring (bicyclic) bond motifs is 1. The minimum absolute atomic E-state index is 0.188. The molecule has 1 heterocycles. The van der Waals surface area contributed by atoms with Gasteiger partial charge in [0.05, 0.1) is 5.69 Å². The second-order valence-electron chi connectivity index (χ2n) is 8.46. The van der Waals surface area contributed by atoms with Gasteiger partial charge in [-0.15, -0.1) is 0 Å². The molecule has 186 valence electrons. The number of halogens is 2. The average molecular weight is 511 g/mol. The molecule has 0 atom stereocenters. The molecule has 0 aliphatic rings. The van der Waals surface area contributed by atoms with Crippen LogP contribution in [0.3, 0.4) is 0 Å². The average Bonchev–Trinajstić information content (AvgIpc) is 2.83. The first kappa shape index (κ1) is 25.1. The molecule has 0 saturated carbocycles. The zero-order valence-electron chi connectivity index (χ0n) is 19.9. The standard InChI is InChI=1S/C27H24F2N2O4S/c1-5-36(33,34)31(17(2)3)19-11-13-25(35-26-12-10-18(28)14-24(26)29)22(15-19)23-16-30(4)27(32)21-9-7-6-8-20(21)23/h5-17H,1H2,2-4H3. The first-order valence-electron chi connectivity index (χ1n) is 11.1. The summed E-state index contributed by atoms with van der Waals surface area (Å²) in [4.78, 5) is 12.7. The molecule has 0 aliphatic heterocycles. The number of pyridine rings is 1. The van der Waals surface area contributed by atoms with Crippen LogP contribution in [0.1, 0.15) is 13.8 Å². The van der Waals surface area contributed by atoms with Crippen molar-refractivity contribution >= 4 is 26.5 Å². The molecule has 4 rings (SSSR count). The van der Waals surface area contributed by atoms with Crippen molar-refractivity contribution in [2.24, 2.45) is 7.05 Å². The molecule has 3 aromatic carbocycles. The van der Waals surface area contributed by atoms with E-state index in [0.717, 1.165) is 11.5 Å². The van der Waals surface area contributed by atoms with Gasteiger partial charge in [0, 0.05) is 47.3 Å². The normalized spacial score (nSPS) is 11.6. The van der Waals surface area contributed by atoms with Crippen molar-refractivity contribution in [1.29, 1.82) is 0 Å². The van der Waals surface area contributed by atoms with E-state index in [-0.39, 0.29) is 17.1 Å². The molecule has 0 spiro atoms. The number of anilines is 1. The Morgan fingerprint density at radius 2 is 1.64 bits per heavy atom. The molecule has 0 unspecified atom stereocenters. The van der Waals surface area contributed by atoms with Crippen LogP contribution in [0.2, 0.25) is 0 Å². The Hall–Kier alpha value is -3.98. The molecular weight excluding hydrogens is 486 g/mol. The second-order valence-corrected chi connectivity index (χ2v) is 10.2. The zero-order valence-corrected chi connectivity index (χ0v) is 20.7. The van der Waals surface area contributed by atoms with Crippen molar-refractivity contribution in [3.8, 4) is 22.6 Å². The van der Waals surface area contributed by atoms with Crippen molar-refractivity contribution in [2.75, 3.05) is 4.31 Å². The lowest BCUT2D eigenvalue weighted by molar-refractivity contribution is 0.439. The smallest absolute Gasteiger partial charge is 0.258 e. The SMILES string of the molecule is C=CS(=O)(=O)N(c1ccc(Oc2ccc(F)cc2F)c(-c2cn(C)c(=O)c3ccccc23)c1)C(C)C. The number of nitrogens with zero attached hydrogens (tertiary/aromatic N) is 2. The first-order valence-corrected chi connectivity index (χ1v) is 12.6. The van der Waals surface area contributed by atoms with Gasteiger partial charge in [-0.25, -0.2) is 17.2 Å². The molecular formula is C27H24F2N2O4S. The van der Waals surface area contributed by atoms with Gasteiger partial charge in [0.1, 0.15) is 11.6 Å². The third kappa shape index (κ3) is 4.61. The van der Waals surface area contributed by atoms with Gasteiger partial charge in [-0.3, -0.25) is 9.10 Å². The predicted molar refractivity (Wildman–Crippen MR) is 138 cm³/mol. The Labute approximate surface area is 207 Å². The van der Waals surface area contributed by atoms with E-state index in [1.54, 1.807) is 57.4 Å². The third-order valence-electron chi connectivity index (χ3n) is 5.67.